The van der Waals surface area contributed by atoms with E-state index >= 15 is 0 Å². The Hall–Kier alpha value is -1.38. The molecule has 2 rings (SSSR count). The number of hydrogen-bond acceptors (Lipinski definition) is 2. The van der Waals surface area contributed by atoms with Gasteiger partial charge < -0.3 is 4.74 Å². The van der Waals surface area contributed by atoms with Crippen molar-refractivity contribution in [1.82, 2.24) is 0 Å². The minimum Gasteiger partial charge on any atom is -0.466 e. The van der Waals surface area contributed by atoms with Crippen molar-refractivity contribution in [1.29, 1.82) is 0 Å². The van der Waals surface area contributed by atoms with Crippen molar-refractivity contribution in [2.75, 3.05) is 6.61 Å². The van der Waals surface area contributed by atoms with Crippen LogP contribution in [0.3, 0.4) is 0 Å². The van der Waals surface area contributed by atoms with E-state index in [2.05, 4.69) is 4.74 Å². The summed E-state index contributed by atoms with van der Waals surface area (Å²) in [5.74, 6) is -0.225. The zero-order valence-electron chi connectivity index (χ0n) is 7.20. The van der Waals surface area contributed by atoms with Gasteiger partial charge in [-0.2, -0.15) is 0 Å². The Balaban J connectivity index is 0.000000132. The van der Waals surface area contributed by atoms with Gasteiger partial charge in [0.05, 0.1) is 6.61 Å². The van der Waals surface area contributed by atoms with E-state index in [0.29, 0.717) is 13.0 Å². The molecule has 1 aliphatic heterocycles. The lowest BCUT2D eigenvalue weighted by molar-refractivity contribution is -0.137. The Labute approximate surface area is 76.3 Å². The maximum atomic E-state index is 11.9. The van der Waals surface area contributed by atoms with Crippen molar-refractivity contribution < 1.29 is 13.9 Å². The summed E-state index contributed by atoms with van der Waals surface area (Å²) < 4.78 is 16.4. The largest absolute Gasteiger partial charge is 0.466 e. The SMILES string of the molecule is Fc1ccccc1.O=C1CCCO1. The Morgan fingerprint density at radius 1 is 1.23 bits per heavy atom. The van der Waals surface area contributed by atoms with Crippen LogP contribution in [0.15, 0.2) is 30.3 Å². The highest BCUT2D eigenvalue weighted by Gasteiger charge is 2.08. The van der Waals surface area contributed by atoms with E-state index in [1.165, 1.54) is 12.1 Å². The second-order valence-electron chi connectivity index (χ2n) is 2.62. The summed E-state index contributed by atoms with van der Waals surface area (Å²) in [6.45, 7) is 0.638. The van der Waals surface area contributed by atoms with E-state index in [4.69, 9.17) is 0 Å². The lowest BCUT2D eigenvalue weighted by Gasteiger charge is -1.81. The molecule has 0 spiro atoms. The van der Waals surface area contributed by atoms with E-state index in [-0.39, 0.29) is 11.8 Å². The van der Waals surface area contributed by atoms with E-state index in [9.17, 15) is 9.18 Å². The molecule has 0 unspecified atom stereocenters. The van der Waals surface area contributed by atoms with Gasteiger partial charge in [0.25, 0.3) is 0 Å². The average molecular weight is 182 g/mol. The van der Waals surface area contributed by atoms with Gasteiger partial charge in [0.2, 0.25) is 0 Å². The smallest absolute Gasteiger partial charge is 0.305 e. The van der Waals surface area contributed by atoms with Gasteiger partial charge in [-0.1, -0.05) is 18.2 Å². The van der Waals surface area contributed by atoms with Crippen LogP contribution in [0.1, 0.15) is 12.8 Å². The molecule has 70 valence electrons. The van der Waals surface area contributed by atoms with Crippen molar-refractivity contribution in [3.05, 3.63) is 36.1 Å². The number of hydrogen-bond donors (Lipinski definition) is 0. The van der Waals surface area contributed by atoms with Crippen LogP contribution < -0.4 is 0 Å². The van der Waals surface area contributed by atoms with Crippen LogP contribution in [0.4, 0.5) is 4.39 Å². The number of cyclic esters (lactones) is 1. The third-order valence-corrected chi connectivity index (χ3v) is 1.52. The Bertz CT molecular complexity index is 251. The fourth-order valence-electron chi connectivity index (χ4n) is 0.889. The van der Waals surface area contributed by atoms with Crippen LogP contribution in [0.2, 0.25) is 0 Å². The Morgan fingerprint density at radius 3 is 2.15 bits per heavy atom. The molecule has 1 aromatic rings. The molecule has 0 aromatic heterocycles. The molecule has 0 bridgehead atoms. The molecule has 0 atom stereocenters. The van der Waals surface area contributed by atoms with Gasteiger partial charge in [0, 0.05) is 6.42 Å². The number of halogens is 1. The first-order valence-corrected chi connectivity index (χ1v) is 4.15. The summed E-state index contributed by atoms with van der Waals surface area (Å²) in [5, 5.41) is 0. The Morgan fingerprint density at radius 2 is 1.92 bits per heavy atom. The van der Waals surface area contributed by atoms with Gasteiger partial charge in [0.1, 0.15) is 5.82 Å². The topological polar surface area (TPSA) is 26.3 Å². The van der Waals surface area contributed by atoms with Gasteiger partial charge in [0.15, 0.2) is 0 Å². The van der Waals surface area contributed by atoms with Crippen molar-refractivity contribution >= 4 is 5.97 Å². The molecule has 0 N–H and O–H groups in total. The molecular weight excluding hydrogens is 171 g/mol. The third-order valence-electron chi connectivity index (χ3n) is 1.52. The zero-order valence-corrected chi connectivity index (χ0v) is 7.20. The summed E-state index contributed by atoms with van der Waals surface area (Å²) in [5.41, 5.74) is 0. The fourth-order valence-corrected chi connectivity index (χ4v) is 0.889. The highest BCUT2D eigenvalue weighted by Crippen LogP contribution is 2.01. The maximum absolute atomic E-state index is 11.9. The number of rotatable bonds is 0. The zero-order chi connectivity index (χ0) is 9.52. The van der Waals surface area contributed by atoms with E-state index in [1.807, 2.05) is 0 Å². The molecule has 0 radical (unpaired) electrons. The number of carbonyl (C=O) groups is 1. The molecule has 0 amide bonds. The highest BCUT2D eigenvalue weighted by atomic mass is 19.1. The number of benzene rings is 1. The molecule has 1 fully saturated rings. The van der Waals surface area contributed by atoms with Crippen molar-refractivity contribution in [2.45, 2.75) is 12.8 Å². The Kier molecular flexibility index (Phi) is 3.96. The molecular formula is C10H11FO2. The minimum absolute atomic E-state index is 0.0463. The van der Waals surface area contributed by atoms with Gasteiger partial charge in [-0.05, 0) is 18.6 Å². The summed E-state index contributed by atoms with van der Waals surface area (Å²) in [4.78, 5) is 10.0. The maximum Gasteiger partial charge on any atom is 0.305 e. The highest BCUT2D eigenvalue weighted by molar-refractivity contribution is 5.70. The third kappa shape index (κ3) is 4.25. The lowest BCUT2D eigenvalue weighted by atomic mass is 10.4. The van der Waals surface area contributed by atoms with Crippen molar-refractivity contribution in [2.24, 2.45) is 0 Å². The van der Waals surface area contributed by atoms with Gasteiger partial charge >= 0.3 is 5.97 Å². The molecule has 2 nitrogen and oxygen atoms in total. The second-order valence-corrected chi connectivity index (χ2v) is 2.62. The predicted molar refractivity (Wildman–Crippen MR) is 46.6 cm³/mol. The van der Waals surface area contributed by atoms with Crippen LogP contribution in [0.25, 0.3) is 0 Å². The monoisotopic (exact) mass is 182 g/mol. The lowest BCUT2D eigenvalue weighted by Crippen LogP contribution is -1.88. The first-order valence-electron chi connectivity index (χ1n) is 4.15. The molecule has 1 heterocycles. The van der Waals surface area contributed by atoms with Gasteiger partial charge in [-0.25, -0.2) is 4.39 Å². The van der Waals surface area contributed by atoms with Crippen molar-refractivity contribution in [3.63, 3.8) is 0 Å². The molecule has 0 saturated carbocycles. The van der Waals surface area contributed by atoms with Crippen LogP contribution >= 0.6 is 0 Å². The number of carbonyl (C=O) groups excluding carboxylic acids is 1. The second kappa shape index (κ2) is 5.30. The summed E-state index contributed by atoms with van der Waals surface area (Å²) in [6, 6.07) is 7.94. The first-order chi connectivity index (χ1) is 6.29. The van der Waals surface area contributed by atoms with Crippen LogP contribution in [-0.4, -0.2) is 12.6 Å². The van der Waals surface area contributed by atoms with Crippen molar-refractivity contribution in [3.8, 4) is 0 Å². The first kappa shape index (κ1) is 9.71. The number of ether oxygens (including phenoxy) is 1. The van der Waals surface area contributed by atoms with Crippen LogP contribution in [-0.2, 0) is 9.53 Å². The summed E-state index contributed by atoms with van der Waals surface area (Å²) in [6.07, 6.45) is 1.54. The molecule has 1 aromatic carbocycles. The summed E-state index contributed by atoms with van der Waals surface area (Å²) in [7, 11) is 0. The van der Waals surface area contributed by atoms with Crippen LogP contribution in [0.5, 0.6) is 0 Å². The van der Waals surface area contributed by atoms with E-state index < -0.39 is 0 Å². The fraction of sp³-hybridized carbons (Fsp3) is 0.300. The standard InChI is InChI=1S/C6H5F.C4H6O2/c7-6-4-2-1-3-5-6;5-4-2-1-3-6-4/h1-5H;1-3H2. The molecule has 1 aliphatic rings. The van der Waals surface area contributed by atoms with Crippen LogP contribution in [0, 0.1) is 5.82 Å². The average Bonchev–Trinajstić information content (AvgIpc) is 2.58. The molecule has 0 aliphatic carbocycles. The normalized spacial score (nSPS) is 14.4. The number of esters is 1. The quantitative estimate of drug-likeness (QED) is 0.574. The van der Waals surface area contributed by atoms with E-state index in [1.54, 1.807) is 18.2 Å². The molecule has 1 saturated heterocycles. The molecule has 13 heavy (non-hydrogen) atoms. The minimum atomic E-state index is -0.178. The van der Waals surface area contributed by atoms with E-state index in [0.717, 1.165) is 6.42 Å². The molecule has 3 heteroatoms. The van der Waals surface area contributed by atoms with Gasteiger partial charge in [-0.3, -0.25) is 4.79 Å². The van der Waals surface area contributed by atoms with Gasteiger partial charge in [-0.15, -0.1) is 0 Å². The predicted octanol–water partition coefficient (Wildman–Crippen LogP) is 2.15. The summed E-state index contributed by atoms with van der Waals surface area (Å²) >= 11 is 0.